The van der Waals surface area contributed by atoms with Gasteiger partial charge in [-0.25, -0.2) is 14.3 Å². The lowest BCUT2D eigenvalue weighted by Gasteiger charge is -2.11. The zero-order valence-corrected chi connectivity index (χ0v) is 12.2. The highest BCUT2D eigenvalue weighted by Crippen LogP contribution is 2.23. The second kappa shape index (κ2) is 5.61. The maximum absolute atomic E-state index is 12.1. The first-order chi connectivity index (χ1) is 9.44. The van der Waals surface area contributed by atoms with Crippen molar-refractivity contribution in [2.75, 3.05) is 4.72 Å². The second-order valence-electron chi connectivity index (χ2n) is 4.06. The Labute approximate surface area is 120 Å². The van der Waals surface area contributed by atoms with Crippen LogP contribution < -0.4 is 16.0 Å². The first-order valence-corrected chi connectivity index (χ1v) is 7.98. The van der Waals surface area contributed by atoms with Crippen LogP contribution >= 0.6 is 11.3 Å². The van der Waals surface area contributed by atoms with Crippen molar-refractivity contribution in [2.24, 2.45) is 5.84 Å². The molecule has 0 unspecified atom stereocenters. The van der Waals surface area contributed by atoms with E-state index in [1.807, 2.05) is 5.43 Å². The molecule has 0 spiro atoms. The molecule has 0 bridgehead atoms. The predicted molar refractivity (Wildman–Crippen MR) is 78.0 cm³/mol. The Balaban J connectivity index is 2.42. The van der Waals surface area contributed by atoms with Crippen LogP contribution in [0.25, 0.3) is 0 Å². The third-order valence-corrected chi connectivity index (χ3v) is 5.32. The summed E-state index contributed by atoms with van der Waals surface area (Å²) in [5, 5.41) is 1.66. The van der Waals surface area contributed by atoms with E-state index in [2.05, 4.69) is 4.72 Å². The van der Waals surface area contributed by atoms with Gasteiger partial charge in [-0.15, -0.1) is 11.3 Å². The Bertz CT molecular complexity index is 724. The summed E-state index contributed by atoms with van der Waals surface area (Å²) in [6.45, 7) is 1.80. The molecule has 0 aliphatic carbocycles. The summed E-state index contributed by atoms with van der Waals surface area (Å²) in [6.07, 6.45) is 0. The lowest BCUT2D eigenvalue weighted by atomic mass is 10.1. The van der Waals surface area contributed by atoms with Gasteiger partial charge >= 0.3 is 0 Å². The van der Waals surface area contributed by atoms with Crippen molar-refractivity contribution in [1.29, 1.82) is 0 Å². The molecule has 4 N–H and O–H groups in total. The molecular weight excluding hydrogens is 298 g/mol. The monoisotopic (exact) mass is 311 g/mol. The van der Waals surface area contributed by atoms with Crippen LogP contribution in [0.2, 0.25) is 0 Å². The number of anilines is 1. The Morgan fingerprint density at radius 2 is 2.05 bits per heavy atom. The van der Waals surface area contributed by atoms with Crippen molar-refractivity contribution >= 4 is 33.0 Å². The van der Waals surface area contributed by atoms with Gasteiger partial charge in [-0.1, -0.05) is 17.7 Å². The zero-order chi connectivity index (χ0) is 14.8. The average molecular weight is 311 g/mol. The van der Waals surface area contributed by atoms with Gasteiger partial charge in [0.2, 0.25) is 0 Å². The minimum atomic E-state index is -3.70. The SMILES string of the molecule is Cc1ccc(NS(=O)(=O)c2cccs2)c(C(=O)NN)c1. The summed E-state index contributed by atoms with van der Waals surface area (Å²) in [5.41, 5.74) is 3.18. The molecule has 0 aliphatic heterocycles. The largest absolute Gasteiger partial charge is 0.290 e. The molecule has 1 aromatic carbocycles. The van der Waals surface area contributed by atoms with E-state index < -0.39 is 15.9 Å². The molecule has 0 fully saturated rings. The zero-order valence-electron chi connectivity index (χ0n) is 10.6. The van der Waals surface area contributed by atoms with Crippen LogP contribution in [0, 0.1) is 6.92 Å². The smallest absolute Gasteiger partial charge is 0.271 e. The second-order valence-corrected chi connectivity index (χ2v) is 6.92. The highest BCUT2D eigenvalue weighted by molar-refractivity contribution is 7.94. The van der Waals surface area contributed by atoms with Gasteiger partial charge in [0.1, 0.15) is 4.21 Å². The molecule has 0 radical (unpaired) electrons. The molecule has 1 heterocycles. The summed E-state index contributed by atoms with van der Waals surface area (Å²) in [5.74, 6) is 4.55. The maximum Gasteiger partial charge on any atom is 0.271 e. The number of nitrogens with one attached hydrogen (secondary N) is 2. The maximum atomic E-state index is 12.1. The van der Waals surface area contributed by atoms with Crippen LogP contribution in [0.5, 0.6) is 0 Å². The Kier molecular flexibility index (Phi) is 4.07. The molecule has 0 aliphatic rings. The van der Waals surface area contributed by atoms with E-state index in [0.29, 0.717) is 0 Å². The van der Waals surface area contributed by atoms with E-state index in [1.165, 1.54) is 12.1 Å². The number of nitrogens with two attached hydrogens (primary N) is 1. The Morgan fingerprint density at radius 1 is 1.30 bits per heavy atom. The lowest BCUT2D eigenvalue weighted by molar-refractivity contribution is 0.0954. The molecule has 2 rings (SSSR count). The molecule has 0 atom stereocenters. The molecule has 6 nitrogen and oxygen atoms in total. The number of sulfonamides is 1. The molecule has 2 aromatic rings. The number of benzene rings is 1. The first kappa shape index (κ1) is 14.5. The number of carbonyl (C=O) groups is 1. The lowest BCUT2D eigenvalue weighted by Crippen LogP contribution is -2.31. The molecular formula is C12H13N3O3S2. The highest BCUT2D eigenvalue weighted by atomic mass is 32.2. The summed E-state index contributed by atoms with van der Waals surface area (Å²) in [7, 11) is -3.70. The quantitative estimate of drug-likeness (QED) is 0.452. The van der Waals surface area contributed by atoms with Crippen molar-refractivity contribution in [3.63, 3.8) is 0 Å². The standard InChI is InChI=1S/C12H13N3O3S2/c1-8-4-5-10(9(7-8)12(16)14-13)15-20(17,18)11-3-2-6-19-11/h2-7,15H,13H2,1H3,(H,14,16). The fourth-order valence-electron chi connectivity index (χ4n) is 1.62. The fourth-order valence-corrected chi connectivity index (χ4v) is 3.70. The van der Waals surface area contributed by atoms with Gasteiger partial charge in [0, 0.05) is 0 Å². The third kappa shape index (κ3) is 2.98. The topological polar surface area (TPSA) is 101 Å². The molecule has 1 amide bonds. The van der Waals surface area contributed by atoms with E-state index in [0.717, 1.165) is 16.9 Å². The minimum Gasteiger partial charge on any atom is -0.290 e. The number of nitrogen functional groups attached to an aromatic ring is 1. The van der Waals surface area contributed by atoms with E-state index in [9.17, 15) is 13.2 Å². The van der Waals surface area contributed by atoms with Gasteiger partial charge in [-0.2, -0.15) is 0 Å². The number of amides is 1. The molecule has 0 saturated carbocycles. The summed E-state index contributed by atoms with van der Waals surface area (Å²) in [6, 6.07) is 7.94. The van der Waals surface area contributed by atoms with Crippen LogP contribution in [-0.2, 0) is 10.0 Å². The number of hydrazine groups is 1. The van der Waals surface area contributed by atoms with Crippen molar-refractivity contribution in [2.45, 2.75) is 11.1 Å². The summed E-state index contributed by atoms with van der Waals surface area (Å²) >= 11 is 1.10. The van der Waals surface area contributed by atoms with Crippen molar-refractivity contribution in [3.05, 3.63) is 46.8 Å². The Morgan fingerprint density at radius 3 is 2.65 bits per heavy atom. The number of hydrogen-bond donors (Lipinski definition) is 3. The van der Waals surface area contributed by atoms with Gasteiger partial charge in [-0.3, -0.25) is 14.9 Å². The predicted octanol–water partition coefficient (Wildman–Crippen LogP) is 1.46. The van der Waals surface area contributed by atoms with E-state index in [-0.39, 0.29) is 15.5 Å². The van der Waals surface area contributed by atoms with Crippen LogP contribution in [0.4, 0.5) is 5.69 Å². The van der Waals surface area contributed by atoms with Gasteiger partial charge in [0.25, 0.3) is 15.9 Å². The summed E-state index contributed by atoms with van der Waals surface area (Å²) in [4.78, 5) is 11.7. The molecule has 8 heteroatoms. The van der Waals surface area contributed by atoms with Crippen molar-refractivity contribution < 1.29 is 13.2 Å². The molecule has 0 saturated heterocycles. The van der Waals surface area contributed by atoms with Gasteiger partial charge < -0.3 is 0 Å². The molecule has 106 valence electrons. The molecule has 1 aromatic heterocycles. The van der Waals surface area contributed by atoms with Crippen molar-refractivity contribution in [1.82, 2.24) is 5.43 Å². The van der Waals surface area contributed by atoms with E-state index >= 15 is 0 Å². The normalized spacial score (nSPS) is 11.1. The number of thiophene rings is 1. The van der Waals surface area contributed by atoms with Gasteiger partial charge in [0.15, 0.2) is 0 Å². The third-order valence-electron chi connectivity index (χ3n) is 2.56. The van der Waals surface area contributed by atoms with E-state index in [4.69, 9.17) is 5.84 Å². The average Bonchev–Trinajstić information content (AvgIpc) is 2.94. The highest BCUT2D eigenvalue weighted by Gasteiger charge is 2.19. The number of hydrogen-bond acceptors (Lipinski definition) is 5. The number of rotatable bonds is 4. The molecule has 20 heavy (non-hydrogen) atoms. The number of carbonyl (C=O) groups excluding carboxylic acids is 1. The Hall–Kier alpha value is -1.90. The van der Waals surface area contributed by atoms with Crippen LogP contribution in [0.3, 0.4) is 0 Å². The van der Waals surface area contributed by atoms with Gasteiger partial charge in [0.05, 0.1) is 11.3 Å². The number of aryl methyl sites for hydroxylation is 1. The van der Waals surface area contributed by atoms with Crippen LogP contribution in [0.15, 0.2) is 39.9 Å². The minimum absolute atomic E-state index is 0.174. The summed E-state index contributed by atoms with van der Waals surface area (Å²) < 4.78 is 26.9. The fraction of sp³-hybridized carbons (Fsp3) is 0.0833. The van der Waals surface area contributed by atoms with Gasteiger partial charge in [-0.05, 0) is 30.5 Å². The van der Waals surface area contributed by atoms with Crippen molar-refractivity contribution in [3.8, 4) is 0 Å². The first-order valence-electron chi connectivity index (χ1n) is 5.62. The van der Waals surface area contributed by atoms with Crippen LogP contribution in [-0.4, -0.2) is 14.3 Å². The van der Waals surface area contributed by atoms with E-state index in [1.54, 1.807) is 30.5 Å². The van der Waals surface area contributed by atoms with Crippen LogP contribution in [0.1, 0.15) is 15.9 Å².